The molecule has 0 radical (unpaired) electrons. The third kappa shape index (κ3) is 4.39. The van der Waals surface area contributed by atoms with Crippen molar-refractivity contribution in [1.82, 2.24) is 5.32 Å². The predicted molar refractivity (Wildman–Crippen MR) is 99.0 cm³/mol. The van der Waals surface area contributed by atoms with E-state index in [9.17, 15) is 10.1 Å². The van der Waals surface area contributed by atoms with Gasteiger partial charge < -0.3 is 10.6 Å². The first-order chi connectivity index (χ1) is 12.3. The summed E-state index contributed by atoms with van der Waals surface area (Å²) in [6.45, 7) is 0. The normalized spacial score (nSPS) is 15.8. The molecule has 128 valence electrons. The van der Waals surface area contributed by atoms with Crippen LogP contribution in [0, 0.1) is 11.3 Å². The molecule has 25 heavy (non-hydrogen) atoms. The molecule has 1 unspecified atom stereocenters. The molecule has 4 heteroatoms. The van der Waals surface area contributed by atoms with Crippen LogP contribution in [0.15, 0.2) is 54.6 Å². The first-order valence-electron chi connectivity index (χ1n) is 8.89. The summed E-state index contributed by atoms with van der Waals surface area (Å²) in [7, 11) is 0. The Bertz CT molecular complexity index is 745. The lowest BCUT2D eigenvalue weighted by atomic mass is 9.95. The quantitative estimate of drug-likeness (QED) is 0.863. The molecule has 1 amide bonds. The highest BCUT2D eigenvalue weighted by atomic mass is 16.2. The van der Waals surface area contributed by atoms with E-state index in [1.54, 1.807) is 6.07 Å². The average molecular weight is 333 g/mol. The van der Waals surface area contributed by atoms with Gasteiger partial charge in [0.2, 0.25) is 5.91 Å². The number of rotatable bonds is 5. The number of anilines is 1. The van der Waals surface area contributed by atoms with Gasteiger partial charge in [0.05, 0.1) is 11.3 Å². The van der Waals surface area contributed by atoms with E-state index in [-0.39, 0.29) is 11.9 Å². The summed E-state index contributed by atoms with van der Waals surface area (Å²) in [6, 6.07) is 18.8. The molecule has 1 fully saturated rings. The van der Waals surface area contributed by atoms with Crippen molar-refractivity contribution in [3.63, 3.8) is 0 Å². The predicted octanol–water partition coefficient (Wildman–Crippen LogP) is 4.16. The van der Waals surface area contributed by atoms with Crippen LogP contribution < -0.4 is 10.6 Å². The van der Waals surface area contributed by atoms with Crippen molar-refractivity contribution in [3.8, 4) is 6.07 Å². The van der Waals surface area contributed by atoms with E-state index >= 15 is 0 Å². The average Bonchev–Trinajstić information content (AvgIpc) is 2.67. The second-order valence-corrected chi connectivity index (χ2v) is 6.49. The highest BCUT2D eigenvalue weighted by Crippen LogP contribution is 2.24. The van der Waals surface area contributed by atoms with E-state index in [2.05, 4.69) is 16.7 Å². The van der Waals surface area contributed by atoms with Crippen LogP contribution >= 0.6 is 0 Å². The second kappa shape index (κ2) is 8.34. The lowest BCUT2D eigenvalue weighted by Crippen LogP contribution is -2.41. The monoisotopic (exact) mass is 333 g/mol. The van der Waals surface area contributed by atoms with Gasteiger partial charge in [0.25, 0.3) is 0 Å². The van der Waals surface area contributed by atoms with Gasteiger partial charge in [-0.3, -0.25) is 4.79 Å². The fourth-order valence-electron chi connectivity index (χ4n) is 3.34. The van der Waals surface area contributed by atoms with Crippen molar-refractivity contribution in [3.05, 3.63) is 65.7 Å². The van der Waals surface area contributed by atoms with Crippen LogP contribution in [0.3, 0.4) is 0 Å². The van der Waals surface area contributed by atoms with Gasteiger partial charge in [0.1, 0.15) is 12.1 Å². The molecular formula is C21H23N3O. The third-order valence-corrected chi connectivity index (χ3v) is 4.69. The Morgan fingerprint density at radius 1 is 1.00 bits per heavy atom. The number of amides is 1. The van der Waals surface area contributed by atoms with Gasteiger partial charge in [-0.05, 0) is 30.5 Å². The molecule has 2 N–H and O–H groups in total. The molecular weight excluding hydrogens is 310 g/mol. The number of nitrogens with one attached hydrogen (secondary N) is 2. The molecule has 1 aliphatic rings. The minimum Gasteiger partial charge on any atom is -0.369 e. The van der Waals surface area contributed by atoms with Crippen molar-refractivity contribution < 1.29 is 4.79 Å². The lowest BCUT2D eigenvalue weighted by Gasteiger charge is -2.27. The van der Waals surface area contributed by atoms with Crippen LogP contribution in [0.2, 0.25) is 0 Å². The van der Waals surface area contributed by atoms with Gasteiger partial charge in [0, 0.05) is 6.04 Å². The Hall–Kier alpha value is -2.80. The van der Waals surface area contributed by atoms with E-state index in [0.717, 1.165) is 18.4 Å². The standard InChI is InChI=1S/C21H23N3O/c22-15-17-11-7-8-14-19(17)24-20(16-9-3-1-4-10-16)21(25)23-18-12-5-2-6-13-18/h1,3-4,7-11,14,18,20,24H,2,5-6,12-13H2,(H,23,25). The maximum atomic E-state index is 13.0. The topological polar surface area (TPSA) is 64.9 Å². The summed E-state index contributed by atoms with van der Waals surface area (Å²) in [6.07, 6.45) is 5.68. The molecule has 0 bridgehead atoms. The Morgan fingerprint density at radius 2 is 1.68 bits per heavy atom. The van der Waals surface area contributed by atoms with Gasteiger partial charge >= 0.3 is 0 Å². The molecule has 1 atom stereocenters. The van der Waals surface area contributed by atoms with Gasteiger partial charge in [0.15, 0.2) is 0 Å². The molecule has 0 aromatic heterocycles. The smallest absolute Gasteiger partial charge is 0.247 e. The zero-order valence-corrected chi connectivity index (χ0v) is 14.2. The van der Waals surface area contributed by atoms with Crippen LogP contribution in [0.25, 0.3) is 0 Å². The molecule has 2 aromatic rings. The number of nitrogens with zero attached hydrogens (tertiary/aromatic N) is 1. The van der Waals surface area contributed by atoms with Gasteiger partial charge in [-0.2, -0.15) is 5.26 Å². The number of benzene rings is 2. The number of carbonyl (C=O) groups excluding carboxylic acids is 1. The number of nitriles is 1. The minimum atomic E-state index is -0.516. The molecule has 0 heterocycles. The fourth-order valence-corrected chi connectivity index (χ4v) is 3.34. The summed E-state index contributed by atoms with van der Waals surface area (Å²) in [5.41, 5.74) is 2.11. The minimum absolute atomic E-state index is 0.0363. The van der Waals surface area contributed by atoms with Crippen molar-refractivity contribution in [2.24, 2.45) is 0 Å². The second-order valence-electron chi connectivity index (χ2n) is 6.49. The fraction of sp³-hybridized carbons (Fsp3) is 0.333. The zero-order valence-electron chi connectivity index (χ0n) is 14.2. The number of hydrogen-bond donors (Lipinski definition) is 2. The SMILES string of the molecule is N#Cc1ccccc1NC(C(=O)NC1CCCCC1)c1ccccc1. The molecule has 4 nitrogen and oxygen atoms in total. The van der Waals surface area contributed by atoms with Crippen molar-refractivity contribution >= 4 is 11.6 Å². The Labute approximate surface area is 148 Å². The first-order valence-corrected chi connectivity index (χ1v) is 8.89. The van der Waals surface area contributed by atoms with Crippen molar-refractivity contribution in [1.29, 1.82) is 5.26 Å². The molecule has 0 aliphatic heterocycles. The van der Waals surface area contributed by atoms with E-state index in [1.165, 1.54) is 19.3 Å². The Kier molecular flexibility index (Phi) is 5.69. The van der Waals surface area contributed by atoms with Crippen LogP contribution in [0.4, 0.5) is 5.69 Å². The highest BCUT2D eigenvalue weighted by molar-refractivity contribution is 5.86. The summed E-state index contributed by atoms with van der Waals surface area (Å²) in [5, 5.41) is 15.8. The van der Waals surface area contributed by atoms with Crippen LogP contribution in [0.5, 0.6) is 0 Å². The van der Waals surface area contributed by atoms with E-state index in [1.807, 2.05) is 48.5 Å². The zero-order chi connectivity index (χ0) is 17.5. The van der Waals surface area contributed by atoms with Gasteiger partial charge in [-0.1, -0.05) is 61.7 Å². The number of para-hydroxylation sites is 1. The first kappa shape index (κ1) is 17.0. The van der Waals surface area contributed by atoms with Crippen molar-refractivity contribution in [2.75, 3.05) is 5.32 Å². The summed E-state index contributed by atoms with van der Waals surface area (Å²) >= 11 is 0. The van der Waals surface area contributed by atoms with Gasteiger partial charge in [-0.15, -0.1) is 0 Å². The molecule has 0 spiro atoms. The molecule has 0 saturated heterocycles. The van der Waals surface area contributed by atoms with E-state index in [4.69, 9.17) is 0 Å². The maximum Gasteiger partial charge on any atom is 0.247 e. The van der Waals surface area contributed by atoms with Crippen LogP contribution in [0.1, 0.15) is 49.3 Å². The Morgan fingerprint density at radius 3 is 2.40 bits per heavy atom. The summed E-state index contributed by atoms with van der Waals surface area (Å²) < 4.78 is 0. The largest absolute Gasteiger partial charge is 0.369 e. The Balaban J connectivity index is 1.82. The van der Waals surface area contributed by atoms with Gasteiger partial charge in [-0.25, -0.2) is 0 Å². The molecule has 3 rings (SSSR count). The van der Waals surface area contributed by atoms with Crippen molar-refractivity contribution in [2.45, 2.75) is 44.2 Å². The number of hydrogen-bond acceptors (Lipinski definition) is 3. The third-order valence-electron chi connectivity index (χ3n) is 4.69. The molecule has 1 saturated carbocycles. The summed E-state index contributed by atoms with van der Waals surface area (Å²) in [4.78, 5) is 13.0. The maximum absolute atomic E-state index is 13.0. The molecule has 2 aromatic carbocycles. The van der Waals surface area contributed by atoms with Crippen LogP contribution in [-0.2, 0) is 4.79 Å². The highest BCUT2D eigenvalue weighted by Gasteiger charge is 2.24. The van der Waals surface area contributed by atoms with E-state index < -0.39 is 6.04 Å². The number of carbonyl (C=O) groups is 1. The van der Waals surface area contributed by atoms with E-state index in [0.29, 0.717) is 11.3 Å². The lowest BCUT2D eigenvalue weighted by molar-refractivity contribution is -0.122. The summed E-state index contributed by atoms with van der Waals surface area (Å²) in [5.74, 6) is -0.0363. The van der Waals surface area contributed by atoms with Crippen LogP contribution in [-0.4, -0.2) is 11.9 Å². The molecule has 1 aliphatic carbocycles.